The fraction of sp³-hybridized carbons (Fsp3) is 0.167. The molecule has 120 valence electrons. The van der Waals surface area contributed by atoms with Crippen molar-refractivity contribution in [1.29, 1.82) is 5.26 Å². The van der Waals surface area contributed by atoms with Crippen LogP contribution in [0.1, 0.15) is 28.4 Å². The number of anilines is 1. The Morgan fingerprint density at radius 3 is 2.79 bits per heavy atom. The number of aromatic amines is 1. The molecule has 0 saturated heterocycles. The van der Waals surface area contributed by atoms with Crippen LogP contribution in [0, 0.1) is 11.3 Å². The molecule has 0 aliphatic heterocycles. The molecule has 0 atom stereocenters. The van der Waals surface area contributed by atoms with Gasteiger partial charge in [-0.25, -0.2) is 9.78 Å². The van der Waals surface area contributed by atoms with Gasteiger partial charge in [0.05, 0.1) is 34.8 Å². The molecule has 0 amide bonds. The fourth-order valence-electron chi connectivity index (χ4n) is 2.32. The minimum atomic E-state index is -0.346. The Bertz CT molecular complexity index is 907. The highest BCUT2D eigenvalue weighted by Crippen LogP contribution is 2.17. The lowest BCUT2D eigenvalue weighted by Gasteiger charge is -2.02. The van der Waals surface area contributed by atoms with Gasteiger partial charge in [-0.15, -0.1) is 0 Å². The third-order valence-electron chi connectivity index (χ3n) is 3.54. The number of nitriles is 1. The number of nitrogens with zero attached hydrogens (tertiary/aromatic N) is 2. The zero-order valence-corrected chi connectivity index (χ0v) is 13.2. The van der Waals surface area contributed by atoms with E-state index in [0.29, 0.717) is 30.2 Å². The van der Waals surface area contributed by atoms with Gasteiger partial charge < -0.3 is 15.0 Å². The van der Waals surface area contributed by atoms with E-state index < -0.39 is 0 Å². The predicted octanol–water partition coefficient (Wildman–Crippen LogP) is 3.22. The van der Waals surface area contributed by atoms with Gasteiger partial charge in [0.1, 0.15) is 0 Å². The summed E-state index contributed by atoms with van der Waals surface area (Å²) in [5.41, 5.74) is 3.70. The van der Waals surface area contributed by atoms with E-state index in [-0.39, 0.29) is 5.97 Å². The number of fused-ring (bicyclic) bond motifs is 1. The van der Waals surface area contributed by atoms with Crippen LogP contribution in [0.25, 0.3) is 11.0 Å². The van der Waals surface area contributed by atoms with Crippen LogP contribution in [0.3, 0.4) is 0 Å². The summed E-state index contributed by atoms with van der Waals surface area (Å²) in [6.07, 6.45) is 0. The summed E-state index contributed by atoms with van der Waals surface area (Å²) in [7, 11) is 0. The second kappa shape index (κ2) is 6.84. The molecule has 0 spiro atoms. The molecule has 0 saturated carbocycles. The molecule has 0 fully saturated rings. The molecule has 0 aliphatic carbocycles. The van der Waals surface area contributed by atoms with Crippen molar-refractivity contribution in [2.75, 3.05) is 11.9 Å². The van der Waals surface area contributed by atoms with Crippen molar-refractivity contribution >= 4 is 23.0 Å². The van der Waals surface area contributed by atoms with Gasteiger partial charge in [0, 0.05) is 6.54 Å². The Hall–Kier alpha value is -3.33. The monoisotopic (exact) mass is 320 g/mol. The van der Waals surface area contributed by atoms with Gasteiger partial charge in [0.2, 0.25) is 5.95 Å². The molecule has 6 nitrogen and oxygen atoms in total. The number of ether oxygens (including phenoxy) is 1. The maximum Gasteiger partial charge on any atom is 0.338 e. The second-order valence-electron chi connectivity index (χ2n) is 5.20. The first-order valence-electron chi connectivity index (χ1n) is 7.59. The summed E-state index contributed by atoms with van der Waals surface area (Å²) in [4.78, 5) is 19.3. The number of benzene rings is 2. The third kappa shape index (κ3) is 3.36. The molecule has 3 rings (SSSR count). The quantitative estimate of drug-likeness (QED) is 0.704. The Balaban J connectivity index is 1.73. The average Bonchev–Trinajstić information content (AvgIpc) is 3.02. The Kier molecular flexibility index (Phi) is 4.43. The zero-order chi connectivity index (χ0) is 16.9. The molecule has 0 unspecified atom stereocenters. The minimum absolute atomic E-state index is 0.344. The summed E-state index contributed by atoms with van der Waals surface area (Å²) < 4.78 is 5.00. The molecule has 1 aromatic heterocycles. The van der Waals surface area contributed by atoms with Gasteiger partial charge >= 0.3 is 5.97 Å². The van der Waals surface area contributed by atoms with E-state index >= 15 is 0 Å². The summed E-state index contributed by atoms with van der Waals surface area (Å²) in [6.45, 7) is 2.70. The van der Waals surface area contributed by atoms with Gasteiger partial charge in [0.15, 0.2) is 0 Å². The summed E-state index contributed by atoms with van der Waals surface area (Å²) in [6, 6.07) is 14.7. The largest absolute Gasteiger partial charge is 0.462 e. The molecular weight excluding hydrogens is 304 g/mol. The lowest BCUT2D eigenvalue weighted by atomic mass is 10.1. The molecular formula is C18H16N4O2. The topological polar surface area (TPSA) is 90.8 Å². The molecule has 3 aromatic rings. The highest BCUT2D eigenvalue weighted by atomic mass is 16.5. The number of imidazole rings is 1. The van der Waals surface area contributed by atoms with Crippen LogP contribution in [0.5, 0.6) is 0 Å². The second-order valence-corrected chi connectivity index (χ2v) is 5.20. The molecule has 2 aromatic carbocycles. The van der Waals surface area contributed by atoms with E-state index in [1.807, 2.05) is 12.1 Å². The summed E-state index contributed by atoms with van der Waals surface area (Å²) in [5.74, 6) is 0.275. The van der Waals surface area contributed by atoms with E-state index in [1.54, 1.807) is 37.3 Å². The van der Waals surface area contributed by atoms with Crippen LogP contribution in [0.15, 0.2) is 42.5 Å². The number of carbonyl (C=O) groups is 1. The van der Waals surface area contributed by atoms with Crippen LogP contribution in [-0.4, -0.2) is 22.5 Å². The molecule has 6 heteroatoms. The number of carbonyl (C=O) groups excluding carboxylic acids is 1. The molecule has 0 bridgehead atoms. The van der Waals surface area contributed by atoms with Gasteiger partial charge in [-0.3, -0.25) is 0 Å². The standard InChI is InChI=1S/C18H16N4O2/c1-2-24-17(23)14-7-8-15-16(9-14)22-18(21-15)20-11-13-5-3-12(10-19)4-6-13/h3-9H,2,11H2,1H3,(H2,20,21,22). The van der Waals surface area contributed by atoms with Crippen LogP contribution in [-0.2, 0) is 11.3 Å². The van der Waals surface area contributed by atoms with Gasteiger partial charge in [-0.2, -0.15) is 5.26 Å². The molecule has 0 aliphatic rings. The average molecular weight is 320 g/mol. The van der Waals surface area contributed by atoms with Crippen LogP contribution >= 0.6 is 0 Å². The van der Waals surface area contributed by atoms with Gasteiger partial charge in [-0.1, -0.05) is 12.1 Å². The first kappa shape index (κ1) is 15.6. The number of nitrogens with one attached hydrogen (secondary N) is 2. The number of rotatable bonds is 5. The van der Waals surface area contributed by atoms with Crippen molar-refractivity contribution in [2.45, 2.75) is 13.5 Å². The zero-order valence-electron chi connectivity index (χ0n) is 13.2. The minimum Gasteiger partial charge on any atom is -0.462 e. The van der Waals surface area contributed by atoms with Crippen molar-refractivity contribution in [3.05, 3.63) is 59.2 Å². The van der Waals surface area contributed by atoms with Gasteiger partial charge in [-0.05, 0) is 42.8 Å². The highest BCUT2D eigenvalue weighted by Gasteiger charge is 2.09. The number of esters is 1. The maximum absolute atomic E-state index is 11.8. The molecule has 2 N–H and O–H groups in total. The fourth-order valence-corrected chi connectivity index (χ4v) is 2.32. The predicted molar refractivity (Wildman–Crippen MR) is 90.5 cm³/mol. The van der Waals surface area contributed by atoms with Crippen LogP contribution < -0.4 is 5.32 Å². The van der Waals surface area contributed by atoms with Crippen LogP contribution in [0.2, 0.25) is 0 Å². The summed E-state index contributed by atoms with van der Waals surface area (Å²) >= 11 is 0. The maximum atomic E-state index is 11.8. The van der Waals surface area contributed by atoms with Crippen molar-refractivity contribution in [3.63, 3.8) is 0 Å². The number of aromatic nitrogens is 2. The highest BCUT2D eigenvalue weighted by molar-refractivity contribution is 5.94. The first-order valence-corrected chi connectivity index (χ1v) is 7.59. The summed E-state index contributed by atoms with van der Waals surface area (Å²) in [5, 5.41) is 12.0. The molecule has 24 heavy (non-hydrogen) atoms. The Morgan fingerprint density at radius 1 is 1.29 bits per heavy atom. The van der Waals surface area contributed by atoms with Crippen molar-refractivity contribution in [1.82, 2.24) is 9.97 Å². The van der Waals surface area contributed by atoms with Crippen molar-refractivity contribution < 1.29 is 9.53 Å². The molecule has 1 heterocycles. The van der Waals surface area contributed by atoms with E-state index in [4.69, 9.17) is 10.00 Å². The Morgan fingerprint density at radius 2 is 2.08 bits per heavy atom. The van der Waals surface area contributed by atoms with Crippen molar-refractivity contribution in [2.24, 2.45) is 0 Å². The number of hydrogen-bond donors (Lipinski definition) is 2. The lowest BCUT2D eigenvalue weighted by molar-refractivity contribution is 0.0526. The molecule has 0 radical (unpaired) electrons. The van der Waals surface area contributed by atoms with E-state index in [0.717, 1.165) is 16.6 Å². The number of H-pyrrole nitrogens is 1. The van der Waals surface area contributed by atoms with Crippen molar-refractivity contribution in [3.8, 4) is 6.07 Å². The first-order chi connectivity index (χ1) is 11.7. The smallest absolute Gasteiger partial charge is 0.338 e. The van der Waals surface area contributed by atoms with E-state index in [1.165, 1.54) is 0 Å². The van der Waals surface area contributed by atoms with E-state index in [2.05, 4.69) is 21.4 Å². The van der Waals surface area contributed by atoms with Gasteiger partial charge in [0.25, 0.3) is 0 Å². The lowest BCUT2D eigenvalue weighted by Crippen LogP contribution is -2.04. The number of hydrogen-bond acceptors (Lipinski definition) is 5. The van der Waals surface area contributed by atoms with Crippen LogP contribution in [0.4, 0.5) is 5.95 Å². The van der Waals surface area contributed by atoms with E-state index in [9.17, 15) is 4.79 Å². The third-order valence-corrected chi connectivity index (χ3v) is 3.54. The normalized spacial score (nSPS) is 10.3. The SMILES string of the molecule is CCOC(=O)c1ccc2nc(NCc3ccc(C#N)cc3)[nH]c2c1. The Labute approximate surface area is 139 Å².